The van der Waals surface area contributed by atoms with Gasteiger partial charge in [0.2, 0.25) is 0 Å². The molecular formula is C18H32O2. The van der Waals surface area contributed by atoms with Crippen LogP contribution in [0.1, 0.15) is 84.0 Å². The average molecular weight is 280 g/mol. The molecule has 0 saturated carbocycles. The topological polar surface area (TPSA) is 37.3 Å². The Morgan fingerprint density at radius 3 is 1.85 bits per heavy atom. The van der Waals surface area contributed by atoms with E-state index in [1.54, 1.807) is 0 Å². The van der Waals surface area contributed by atoms with Gasteiger partial charge in [0, 0.05) is 6.42 Å². The van der Waals surface area contributed by atoms with Gasteiger partial charge in [-0.1, -0.05) is 56.9 Å². The highest BCUT2D eigenvalue weighted by atomic mass is 16.4. The lowest BCUT2D eigenvalue weighted by atomic mass is 10.1. The Morgan fingerprint density at radius 2 is 1.25 bits per heavy atom. The fraction of sp³-hybridized carbons (Fsp3) is 0.722. The van der Waals surface area contributed by atoms with Crippen LogP contribution in [0.15, 0.2) is 24.3 Å². The first-order valence-corrected chi connectivity index (χ1v) is 8.29. The second kappa shape index (κ2) is 16.0. The van der Waals surface area contributed by atoms with E-state index >= 15 is 0 Å². The number of hydrogen-bond acceptors (Lipinski definition) is 1. The highest BCUT2D eigenvalue weighted by Gasteiger charge is 1.96. The van der Waals surface area contributed by atoms with Crippen LogP contribution >= 0.6 is 0 Å². The molecule has 1 N–H and O–H groups in total. The summed E-state index contributed by atoms with van der Waals surface area (Å²) in [4.78, 5) is 10.3. The predicted octanol–water partition coefficient (Wildman–Crippen LogP) is 5.88. The van der Waals surface area contributed by atoms with Crippen LogP contribution in [0.2, 0.25) is 0 Å². The van der Waals surface area contributed by atoms with Crippen molar-refractivity contribution in [3.05, 3.63) is 24.3 Å². The molecule has 0 amide bonds. The number of hydrogen-bond donors (Lipinski definition) is 1. The molecule has 0 aliphatic rings. The van der Waals surface area contributed by atoms with Crippen LogP contribution in [0.3, 0.4) is 0 Å². The first-order chi connectivity index (χ1) is 9.77. The maximum absolute atomic E-state index is 10.3. The Balaban J connectivity index is 3.11. The van der Waals surface area contributed by atoms with E-state index in [0.717, 1.165) is 19.3 Å². The molecule has 2 heteroatoms. The number of rotatable bonds is 14. The molecule has 116 valence electrons. The summed E-state index contributed by atoms with van der Waals surface area (Å²) >= 11 is 0. The van der Waals surface area contributed by atoms with Crippen LogP contribution in [0, 0.1) is 0 Å². The highest BCUT2D eigenvalue weighted by Crippen LogP contribution is 2.09. The van der Waals surface area contributed by atoms with Gasteiger partial charge in [0.15, 0.2) is 0 Å². The second-order valence-corrected chi connectivity index (χ2v) is 5.34. The first kappa shape index (κ1) is 18.9. The minimum Gasteiger partial charge on any atom is -0.481 e. The van der Waals surface area contributed by atoms with Crippen LogP contribution in [0.4, 0.5) is 0 Å². The molecule has 2 nitrogen and oxygen atoms in total. The normalized spacial score (nSPS) is 11.7. The molecule has 0 unspecified atom stereocenters. The minimum absolute atomic E-state index is 0.330. The number of allylic oxidation sites excluding steroid dienone is 4. The Morgan fingerprint density at radius 1 is 0.750 bits per heavy atom. The van der Waals surface area contributed by atoms with Crippen molar-refractivity contribution in [3.63, 3.8) is 0 Å². The lowest BCUT2D eigenvalue weighted by Gasteiger charge is -1.99. The average Bonchev–Trinajstić information content (AvgIpc) is 2.43. The Hall–Kier alpha value is -1.05. The third-order valence-electron chi connectivity index (χ3n) is 3.32. The molecule has 20 heavy (non-hydrogen) atoms. The zero-order chi connectivity index (χ0) is 14.9. The monoisotopic (exact) mass is 280 g/mol. The largest absolute Gasteiger partial charge is 0.481 e. The van der Waals surface area contributed by atoms with Crippen molar-refractivity contribution in [2.75, 3.05) is 0 Å². The molecule has 0 spiro atoms. The van der Waals surface area contributed by atoms with Crippen molar-refractivity contribution in [2.24, 2.45) is 0 Å². The SMILES string of the molecule is CCC=CCCC/C=C/CCCCCCCCC(=O)O. The molecule has 0 fully saturated rings. The van der Waals surface area contributed by atoms with Gasteiger partial charge < -0.3 is 5.11 Å². The van der Waals surface area contributed by atoms with Crippen LogP contribution < -0.4 is 0 Å². The molecule has 0 radical (unpaired) electrons. The van der Waals surface area contributed by atoms with E-state index in [4.69, 9.17) is 5.11 Å². The van der Waals surface area contributed by atoms with Crippen molar-refractivity contribution in [1.29, 1.82) is 0 Å². The van der Waals surface area contributed by atoms with Gasteiger partial charge >= 0.3 is 5.97 Å². The highest BCUT2D eigenvalue weighted by molar-refractivity contribution is 5.66. The Kier molecular flexibility index (Phi) is 15.2. The summed E-state index contributed by atoms with van der Waals surface area (Å²) in [5.74, 6) is -0.666. The van der Waals surface area contributed by atoms with Crippen molar-refractivity contribution in [3.8, 4) is 0 Å². The summed E-state index contributed by atoms with van der Waals surface area (Å²) in [6, 6.07) is 0. The van der Waals surface area contributed by atoms with Gasteiger partial charge in [0.1, 0.15) is 0 Å². The summed E-state index contributed by atoms with van der Waals surface area (Å²) in [6.45, 7) is 2.17. The summed E-state index contributed by atoms with van der Waals surface area (Å²) < 4.78 is 0. The summed E-state index contributed by atoms with van der Waals surface area (Å²) in [5.41, 5.74) is 0. The predicted molar refractivity (Wildman–Crippen MR) is 87.0 cm³/mol. The minimum atomic E-state index is -0.666. The maximum Gasteiger partial charge on any atom is 0.303 e. The van der Waals surface area contributed by atoms with Crippen LogP contribution in [0.25, 0.3) is 0 Å². The van der Waals surface area contributed by atoms with E-state index in [1.165, 1.54) is 51.4 Å². The quantitative estimate of drug-likeness (QED) is 0.318. The molecule has 0 aromatic carbocycles. The van der Waals surface area contributed by atoms with Gasteiger partial charge in [-0.25, -0.2) is 0 Å². The molecule has 0 aromatic rings. The van der Waals surface area contributed by atoms with E-state index < -0.39 is 5.97 Å². The van der Waals surface area contributed by atoms with Gasteiger partial charge in [-0.3, -0.25) is 4.79 Å². The second-order valence-electron chi connectivity index (χ2n) is 5.34. The standard InChI is InChI=1S/C18H32O2/c1-2-3-4-5-6-7-8-9-10-11-12-13-14-15-16-17-18(19)20/h3-4,8-9H,2,5-7,10-17H2,1H3,(H,19,20)/b4-3?,9-8+. The molecular weight excluding hydrogens is 248 g/mol. The molecule has 0 heterocycles. The fourth-order valence-corrected chi connectivity index (χ4v) is 2.12. The zero-order valence-electron chi connectivity index (χ0n) is 13.2. The number of carboxylic acids is 1. The number of carbonyl (C=O) groups is 1. The van der Waals surface area contributed by atoms with Crippen molar-refractivity contribution < 1.29 is 9.90 Å². The van der Waals surface area contributed by atoms with E-state index in [0.29, 0.717) is 6.42 Å². The number of carboxylic acid groups (broad SMARTS) is 1. The molecule has 0 bridgehead atoms. The summed E-state index contributed by atoms with van der Waals surface area (Å²) in [6.07, 6.45) is 22.3. The van der Waals surface area contributed by atoms with Gasteiger partial charge in [-0.15, -0.1) is 0 Å². The molecule has 0 rings (SSSR count). The lowest BCUT2D eigenvalue weighted by Crippen LogP contribution is -1.93. The van der Waals surface area contributed by atoms with Crippen molar-refractivity contribution in [1.82, 2.24) is 0 Å². The number of aliphatic carboxylic acids is 1. The third kappa shape index (κ3) is 16.9. The number of unbranched alkanes of at least 4 members (excludes halogenated alkanes) is 8. The molecule has 0 atom stereocenters. The van der Waals surface area contributed by atoms with Gasteiger partial charge in [-0.2, -0.15) is 0 Å². The van der Waals surface area contributed by atoms with E-state index in [1.807, 2.05) is 0 Å². The zero-order valence-corrected chi connectivity index (χ0v) is 13.2. The van der Waals surface area contributed by atoms with Crippen molar-refractivity contribution >= 4 is 5.97 Å². The van der Waals surface area contributed by atoms with Gasteiger partial charge in [0.05, 0.1) is 0 Å². The Labute approximate surface area is 125 Å². The van der Waals surface area contributed by atoms with E-state index in [2.05, 4.69) is 31.2 Å². The molecule has 0 aliphatic heterocycles. The van der Waals surface area contributed by atoms with Crippen LogP contribution in [-0.2, 0) is 4.79 Å². The fourth-order valence-electron chi connectivity index (χ4n) is 2.12. The maximum atomic E-state index is 10.3. The Bertz CT molecular complexity index is 267. The smallest absolute Gasteiger partial charge is 0.303 e. The van der Waals surface area contributed by atoms with E-state index in [9.17, 15) is 4.79 Å². The van der Waals surface area contributed by atoms with Gasteiger partial charge in [-0.05, 0) is 44.9 Å². The summed E-state index contributed by atoms with van der Waals surface area (Å²) in [5, 5.41) is 8.51. The van der Waals surface area contributed by atoms with Crippen LogP contribution in [-0.4, -0.2) is 11.1 Å². The molecule has 0 aliphatic carbocycles. The van der Waals surface area contributed by atoms with Crippen molar-refractivity contribution in [2.45, 2.75) is 84.0 Å². The first-order valence-electron chi connectivity index (χ1n) is 8.29. The molecule has 0 saturated heterocycles. The van der Waals surface area contributed by atoms with E-state index in [-0.39, 0.29) is 0 Å². The summed E-state index contributed by atoms with van der Waals surface area (Å²) in [7, 11) is 0. The van der Waals surface area contributed by atoms with Crippen LogP contribution in [0.5, 0.6) is 0 Å². The lowest BCUT2D eigenvalue weighted by molar-refractivity contribution is -0.137. The third-order valence-corrected chi connectivity index (χ3v) is 3.32. The van der Waals surface area contributed by atoms with Gasteiger partial charge in [0.25, 0.3) is 0 Å². The molecule has 0 aromatic heterocycles.